The quantitative estimate of drug-likeness (QED) is 0.295. The Morgan fingerprint density at radius 1 is 1.03 bits per heavy atom. The smallest absolute Gasteiger partial charge is 0.231 e. The third-order valence-electron chi connectivity index (χ3n) is 6.24. The summed E-state index contributed by atoms with van der Waals surface area (Å²) in [6.45, 7) is 1.48. The summed E-state index contributed by atoms with van der Waals surface area (Å²) in [5.41, 5.74) is 3.30. The minimum Gasteiger partial charge on any atom is -0.507 e. The van der Waals surface area contributed by atoms with Crippen molar-refractivity contribution in [3.05, 3.63) is 42.1 Å². The van der Waals surface area contributed by atoms with Gasteiger partial charge in [0.2, 0.25) is 13.1 Å². The Bertz CT molecular complexity index is 1210. The van der Waals surface area contributed by atoms with Gasteiger partial charge in [-0.05, 0) is 35.7 Å². The number of aliphatic hydroxyl groups is 4. The summed E-state index contributed by atoms with van der Waals surface area (Å²) in [5, 5.41) is 57.7. The molecule has 1 fully saturated rings. The summed E-state index contributed by atoms with van der Waals surface area (Å²) < 4.78 is 22.1. The highest BCUT2D eigenvalue weighted by Crippen LogP contribution is 2.42. The third-order valence-corrected chi connectivity index (χ3v) is 6.24. The second-order valence-electron chi connectivity index (χ2n) is 8.37. The lowest BCUT2D eigenvalue weighted by Gasteiger charge is -2.39. The fraction of sp³-hybridized carbons (Fsp3) is 0.375. The van der Waals surface area contributed by atoms with Gasteiger partial charge in [0.1, 0.15) is 35.9 Å². The van der Waals surface area contributed by atoms with E-state index < -0.39 is 37.3 Å². The number of rotatable bonds is 6. The van der Waals surface area contributed by atoms with E-state index in [2.05, 4.69) is 10.2 Å². The highest BCUT2D eigenvalue weighted by molar-refractivity contribution is 5.84. The van der Waals surface area contributed by atoms with E-state index in [0.717, 1.165) is 11.1 Å². The number of benzene rings is 2. The van der Waals surface area contributed by atoms with Gasteiger partial charge in [0.05, 0.1) is 18.5 Å². The number of nitrogens with zero attached hydrogens (tertiary/aromatic N) is 1. The summed E-state index contributed by atoms with van der Waals surface area (Å²) in [6, 6.07) is 8.64. The summed E-state index contributed by atoms with van der Waals surface area (Å²) in [5.74, 6) is 1.39. The van der Waals surface area contributed by atoms with Crippen molar-refractivity contribution in [3.63, 3.8) is 0 Å². The van der Waals surface area contributed by atoms with Gasteiger partial charge in [-0.3, -0.25) is 5.10 Å². The minimum absolute atomic E-state index is 0.118. The fourth-order valence-corrected chi connectivity index (χ4v) is 4.26. The van der Waals surface area contributed by atoms with E-state index in [1.807, 2.05) is 25.1 Å². The van der Waals surface area contributed by atoms with E-state index in [1.165, 1.54) is 6.07 Å². The van der Waals surface area contributed by atoms with Crippen molar-refractivity contribution < 1.29 is 44.5 Å². The molecule has 2 aliphatic rings. The molecule has 1 saturated heterocycles. The number of phenolic OH excluding ortho intramolecular Hbond substituents is 1. The van der Waals surface area contributed by atoms with Crippen LogP contribution in [0.25, 0.3) is 22.4 Å². The molecule has 5 rings (SSSR count). The first kappa shape index (κ1) is 23.4. The van der Waals surface area contributed by atoms with Crippen LogP contribution in [0.4, 0.5) is 0 Å². The number of aryl methyl sites for hydroxylation is 1. The Kier molecular flexibility index (Phi) is 6.26. The van der Waals surface area contributed by atoms with E-state index in [4.69, 9.17) is 18.9 Å². The second kappa shape index (κ2) is 9.36. The Labute approximate surface area is 200 Å². The summed E-state index contributed by atoms with van der Waals surface area (Å²) >= 11 is 0. The van der Waals surface area contributed by atoms with Crippen LogP contribution in [0, 0.1) is 0 Å². The monoisotopic (exact) mass is 486 g/mol. The normalized spacial score (nSPS) is 25.6. The first-order chi connectivity index (χ1) is 16.9. The average molecular weight is 486 g/mol. The lowest BCUT2D eigenvalue weighted by molar-refractivity contribution is -0.277. The Morgan fingerprint density at radius 3 is 2.60 bits per heavy atom. The van der Waals surface area contributed by atoms with Gasteiger partial charge in [0.25, 0.3) is 0 Å². The van der Waals surface area contributed by atoms with E-state index in [-0.39, 0.29) is 18.3 Å². The van der Waals surface area contributed by atoms with Crippen LogP contribution in [0.5, 0.6) is 23.0 Å². The SMILES string of the molecule is CCc1cc(-c2[nH]ncc2-c2ccc3c(c2)OCO3)c(O)cc1O[C@@H]1O[C@@H](CO)[C@H](O)[C@@H](O)[C@@H]1O. The molecule has 0 bridgehead atoms. The van der Waals surface area contributed by atoms with Crippen molar-refractivity contribution in [2.24, 2.45) is 0 Å². The fourth-order valence-electron chi connectivity index (χ4n) is 4.26. The molecule has 11 nitrogen and oxygen atoms in total. The number of ether oxygens (including phenoxy) is 4. The number of aromatic nitrogens is 2. The lowest BCUT2D eigenvalue weighted by Crippen LogP contribution is -2.60. The largest absolute Gasteiger partial charge is 0.507 e. The molecule has 0 unspecified atom stereocenters. The maximum absolute atomic E-state index is 10.9. The molecule has 6 N–H and O–H groups in total. The van der Waals surface area contributed by atoms with Crippen LogP contribution in [0.15, 0.2) is 36.5 Å². The number of nitrogens with one attached hydrogen (secondary N) is 1. The zero-order chi connectivity index (χ0) is 24.7. The molecule has 5 atom stereocenters. The molecule has 0 aliphatic carbocycles. The number of fused-ring (bicyclic) bond motifs is 1. The Balaban J connectivity index is 1.46. The molecular weight excluding hydrogens is 460 g/mol. The topological polar surface area (TPSA) is 167 Å². The van der Waals surface area contributed by atoms with Crippen LogP contribution in [0.2, 0.25) is 0 Å². The standard InChI is InChI=1S/C24H26N2O9/c1-2-11-5-13(20-14(8-25-26-20)12-3-4-16-18(6-12)33-10-32-16)15(28)7-17(11)34-24-23(31)22(30)21(29)19(9-27)35-24/h3-8,19,21-24,27-31H,2,9-10H2,1H3,(H,25,26)/t19-,21-,22+,23-,24+/m0/s1. The van der Waals surface area contributed by atoms with Crippen molar-refractivity contribution in [1.82, 2.24) is 10.2 Å². The van der Waals surface area contributed by atoms with Crippen molar-refractivity contribution in [2.75, 3.05) is 13.4 Å². The van der Waals surface area contributed by atoms with Gasteiger partial charge in [-0.15, -0.1) is 0 Å². The van der Waals surface area contributed by atoms with Gasteiger partial charge in [0.15, 0.2) is 11.5 Å². The van der Waals surface area contributed by atoms with Gasteiger partial charge >= 0.3 is 0 Å². The Morgan fingerprint density at radius 2 is 1.83 bits per heavy atom. The molecule has 2 aromatic carbocycles. The number of hydrogen-bond donors (Lipinski definition) is 6. The summed E-state index contributed by atoms with van der Waals surface area (Å²) in [4.78, 5) is 0. The number of aliphatic hydroxyl groups excluding tert-OH is 4. The molecule has 3 heterocycles. The van der Waals surface area contributed by atoms with Crippen molar-refractivity contribution in [2.45, 2.75) is 44.1 Å². The van der Waals surface area contributed by atoms with Crippen LogP contribution >= 0.6 is 0 Å². The van der Waals surface area contributed by atoms with Crippen LogP contribution in [0.1, 0.15) is 12.5 Å². The van der Waals surface area contributed by atoms with Gasteiger partial charge < -0.3 is 44.5 Å². The molecule has 0 amide bonds. The van der Waals surface area contributed by atoms with Crippen LogP contribution in [-0.2, 0) is 11.2 Å². The highest BCUT2D eigenvalue weighted by Gasteiger charge is 2.45. The molecule has 1 aromatic heterocycles. The third kappa shape index (κ3) is 4.17. The number of hydrogen-bond acceptors (Lipinski definition) is 10. The molecule has 3 aromatic rings. The van der Waals surface area contributed by atoms with Gasteiger partial charge in [0, 0.05) is 17.2 Å². The summed E-state index contributed by atoms with van der Waals surface area (Å²) in [6.07, 6.45) is -4.94. The zero-order valence-electron chi connectivity index (χ0n) is 18.8. The first-order valence-electron chi connectivity index (χ1n) is 11.2. The van der Waals surface area contributed by atoms with Crippen LogP contribution < -0.4 is 14.2 Å². The van der Waals surface area contributed by atoms with Crippen LogP contribution in [-0.4, -0.2) is 79.8 Å². The van der Waals surface area contributed by atoms with Crippen molar-refractivity contribution >= 4 is 0 Å². The number of aromatic amines is 1. The summed E-state index contributed by atoms with van der Waals surface area (Å²) in [7, 11) is 0. The molecule has 11 heteroatoms. The average Bonchev–Trinajstić information content (AvgIpc) is 3.53. The molecule has 0 saturated carbocycles. The van der Waals surface area contributed by atoms with Crippen molar-refractivity contribution in [3.8, 4) is 45.4 Å². The predicted molar refractivity (Wildman–Crippen MR) is 121 cm³/mol. The lowest BCUT2D eigenvalue weighted by atomic mass is 9.97. The first-order valence-corrected chi connectivity index (χ1v) is 11.2. The zero-order valence-corrected chi connectivity index (χ0v) is 18.8. The molecule has 35 heavy (non-hydrogen) atoms. The second-order valence-corrected chi connectivity index (χ2v) is 8.37. The molecule has 2 aliphatic heterocycles. The molecule has 0 radical (unpaired) electrons. The van der Waals surface area contributed by atoms with Crippen LogP contribution in [0.3, 0.4) is 0 Å². The number of phenols is 1. The minimum atomic E-state index is -1.57. The maximum atomic E-state index is 10.9. The number of H-pyrrole nitrogens is 1. The van der Waals surface area contributed by atoms with Gasteiger partial charge in [-0.25, -0.2) is 0 Å². The van der Waals surface area contributed by atoms with Gasteiger partial charge in [-0.1, -0.05) is 13.0 Å². The van der Waals surface area contributed by atoms with E-state index in [9.17, 15) is 25.5 Å². The Hall–Kier alpha value is -3.35. The maximum Gasteiger partial charge on any atom is 0.231 e. The van der Waals surface area contributed by atoms with E-state index in [0.29, 0.717) is 34.7 Å². The number of aromatic hydroxyl groups is 1. The van der Waals surface area contributed by atoms with E-state index >= 15 is 0 Å². The van der Waals surface area contributed by atoms with E-state index in [1.54, 1.807) is 12.3 Å². The molecule has 0 spiro atoms. The highest BCUT2D eigenvalue weighted by atomic mass is 16.7. The van der Waals surface area contributed by atoms with Crippen molar-refractivity contribution in [1.29, 1.82) is 0 Å². The molecule has 186 valence electrons. The molecular formula is C24H26N2O9. The van der Waals surface area contributed by atoms with Gasteiger partial charge in [-0.2, -0.15) is 5.10 Å². The predicted octanol–water partition coefficient (Wildman–Crippen LogP) is 0.919.